The van der Waals surface area contributed by atoms with Crippen LogP contribution in [-0.2, 0) is 10.3 Å². The van der Waals surface area contributed by atoms with E-state index in [1.165, 1.54) is 0 Å². The first kappa shape index (κ1) is 20.1. The van der Waals surface area contributed by atoms with Crippen LogP contribution in [0.5, 0.6) is 0 Å². The van der Waals surface area contributed by atoms with Crippen molar-refractivity contribution in [2.75, 3.05) is 5.32 Å². The van der Waals surface area contributed by atoms with E-state index >= 15 is 0 Å². The topological polar surface area (TPSA) is 80.3 Å². The zero-order chi connectivity index (χ0) is 20.4. The fourth-order valence-corrected chi connectivity index (χ4v) is 3.25. The summed E-state index contributed by atoms with van der Waals surface area (Å²) < 4.78 is 5.38. The molecule has 1 aromatic heterocycles. The lowest BCUT2D eigenvalue weighted by atomic mass is 9.74. The van der Waals surface area contributed by atoms with Crippen LogP contribution in [0.1, 0.15) is 56.1 Å². The number of hydrogen-bond donors (Lipinski definition) is 2. The summed E-state index contributed by atoms with van der Waals surface area (Å²) in [5.41, 5.74) is 0.721. The number of carbonyl (C=O) groups excluding carboxylic acids is 2. The van der Waals surface area contributed by atoms with E-state index in [2.05, 4.69) is 15.6 Å². The van der Waals surface area contributed by atoms with Crippen molar-refractivity contribution in [3.05, 3.63) is 58.9 Å². The zero-order valence-electron chi connectivity index (χ0n) is 16.2. The number of alkyl carbamates (subject to hydrolysis) is 1. The smallest absolute Gasteiger partial charge is 0.408 e. The number of nitrogens with zero attached hydrogens (tertiary/aromatic N) is 1. The van der Waals surface area contributed by atoms with Crippen LogP contribution < -0.4 is 10.6 Å². The van der Waals surface area contributed by atoms with E-state index < -0.39 is 17.2 Å². The largest absolute Gasteiger partial charge is 0.444 e. The molecule has 2 amide bonds. The quantitative estimate of drug-likeness (QED) is 0.764. The zero-order valence-corrected chi connectivity index (χ0v) is 17.0. The van der Waals surface area contributed by atoms with E-state index in [1.54, 1.807) is 36.5 Å². The molecule has 0 bridgehead atoms. The van der Waals surface area contributed by atoms with Crippen molar-refractivity contribution in [3.8, 4) is 0 Å². The summed E-state index contributed by atoms with van der Waals surface area (Å²) in [6.45, 7) is 5.49. The summed E-state index contributed by atoms with van der Waals surface area (Å²) in [4.78, 5) is 29.0. The Morgan fingerprint density at radius 2 is 1.93 bits per heavy atom. The Bertz CT molecular complexity index is 871. The highest BCUT2D eigenvalue weighted by atomic mass is 35.5. The number of hydrogen-bond acceptors (Lipinski definition) is 4. The van der Waals surface area contributed by atoms with Gasteiger partial charge in [0.25, 0.3) is 5.91 Å². The summed E-state index contributed by atoms with van der Waals surface area (Å²) in [5.74, 6) is -0.262. The molecule has 2 aromatic rings. The molecular formula is C21H24ClN3O3. The predicted octanol–water partition coefficient (Wildman–Crippen LogP) is 4.89. The van der Waals surface area contributed by atoms with E-state index in [1.807, 2.05) is 26.8 Å². The molecule has 1 aromatic carbocycles. The van der Waals surface area contributed by atoms with Crippen molar-refractivity contribution in [3.63, 3.8) is 0 Å². The summed E-state index contributed by atoms with van der Waals surface area (Å²) in [6.07, 6.45) is 3.74. The average molecular weight is 402 g/mol. The van der Waals surface area contributed by atoms with Gasteiger partial charge in [-0.1, -0.05) is 17.7 Å². The van der Waals surface area contributed by atoms with Crippen LogP contribution in [-0.4, -0.2) is 22.6 Å². The molecule has 1 aliphatic carbocycles. The van der Waals surface area contributed by atoms with Crippen LogP contribution in [0.15, 0.2) is 42.6 Å². The molecule has 3 rings (SSSR count). The summed E-state index contributed by atoms with van der Waals surface area (Å²) in [5, 5.41) is 6.27. The van der Waals surface area contributed by atoms with Gasteiger partial charge in [-0.2, -0.15) is 0 Å². The van der Waals surface area contributed by atoms with Gasteiger partial charge in [-0.05, 0) is 70.4 Å². The van der Waals surface area contributed by atoms with Gasteiger partial charge in [0, 0.05) is 10.6 Å². The van der Waals surface area contributed by atoms with E-state index in [0.29, 0.717) is 16.3 Å². The van der Waals surface area contributed by atoms with Gasteiger partial charge in [0.1, 0.15) is 5.60 Å². The Morgan fingerprint density at radius 1 is 1.18 bits per heavy atom. The van der Waals surface area contributed by atoms with Gasteiger partial charge >= 0.3 is 6.09 Å². The van der Waals surface area contributed by atoms with Gasteiger partial charge in [-0.3, -0.25) is 9.78 Å². The van der Waals surface area contributed by atoms with Crippen LogP contribution in [0, 0.1) is 0 Å². The second-order valence-corrected chi connectivity index (χ2v) is 8.40. The monoisotopic (exact) mass is 401 g/mol. The number of pyridine rings is 1. The molecule has 0 unspecified atom stereocenters. The summed E-state index contributed by atoms with van der Waals surface area (Å²) in [6, 6.07) is 10.3. The van der Waals surface area contributed by atoms with Crippen molar-refractivity contribution in [2.24, 2.45) is 0 Å². The van der Waals surface area contributed by atoms with Gasteiger partial charge < -0.3 is 15.4 Å². The van der Waals surface area contributed by atoms with Gasteiger partial charge in [0.05, 0.1) is 23.1 Å². The SMILES string of the molecule is CC(C)(C)OC(=O)NC1(c2ccc(NC(=O)c3cccc(Cl)c3)cn2)CCC1. The van der Waals surface area contributed by atoms with Crippen molar-refractivity contribution in [1.29, 1.82) is 0 Å². The molecule has 0 spiro atoms. The number of nitrogens with one attached hydrogen (secondary N) is 2. The number of anilines is 1. The third kappa shape index (κ3) is 4.81. The molecule has 6 nitrogen and oxygen atoms in total. The third-order valence-electron chi connectivity index (χ3n) is 4.55. The number of halogens is 1. The lowest BCUT2D eigenvalue weighted by Gasteiger charge is -2.42. The van der Waals surface area contributed by atoms with Crippen molar-refractivity contribution >= 4 is 29.3 Å². The fourth-order valence-electron chi connectivity index (χ4n) is 3.06. The van der Waals surface area contributed by atoms with Crippen molar-refractivity contribution in [1.82, 2.24) is 10.3 Å². The molecular weight excluding hydrogens is 378 g/mol. The van der Waals surface area contributed by atoms with Gasteiger partial charge in [-0.25, -0.2) is 4.79 Å². The molecule has 0 atom stereocenters. The Balaban J connectivity index is 1.69. The molecule has 0 radical (unpaired) electrons. The first-order valence-corrected chi connectivity index (χ1v) is 9.59. The second kappa shape index (κ2) is 7.80. The molecule has 2 N–H and O–H groups in total. The standard InChI is InChI=1S/C21H24ClN3O3/c1-20(2,3)28-19(27)25-21(10-5-11-21)17-9-8-16(13-23-17)24-18(26)14-6-4-7-15(22)12-14/h4,6-9,12-13H,5,10-11H2,1-3H3,(H,24,26)(H,25,27). The van der Waals surface area contributed by atoms with Crippen LogP contribution in [0.2, 0.25) is 5.02 Å². The third-order valence-corrected chi connectivity index (χ3v) is 4.78. The molecule has 7 heteroatoms. The number of benzene rings is 1. The van der Waals surface area contributed by atoms with Crippen molar-refractivity contribution < 1.29 is 14.3 Å². The minimum absolute atomic E-state index is 0.262. The Labute approximate surface area is 169 Å². The minimum atomic E-state index is -0.559. The van der Waals surface area contributed by atoms with E-state index in [9.17, 15) is 9.59 Å². The highest BCUT2D eigenvalue weighted by Gasteiger charge is 2.42. The number of aromatic nitrogens is 1. The summed E-state index contributed by atoms with van der Waals surface area (Å²) >= 11 is 5.93. The van der Waals surface area contributed by atoms with E-state index in [4.69, 9.17) is 16.3 Å². The van der Waals surface area contributed by atoms with Gasteiger partial charge in [-0.15, -0.1) is 0 Å². The highest BCUT2D eigenvalue weighted by Crippen LogP contribution is 2.40. The Kier molecular flexibility index (Phi) is 5.61. The van der Waals surface area contributed by atoms with Gasteiger partial charge in [0.2, 0.25) is 0 Å². The predicted molar refractivity (Wildman–Crippen MR) is 109 cm³/mol. The van der Waals surface area contributed by atoms with Crippen LogP contribution in [0.3, 0.4) is 0 Å². The fraction of sp³-hybridized carbons (Fsp3) is 0.381. The maximum absolute atomic E-state index is 12.3. The molecule has 1 aliphatic rings. The number of carbonyl (C=O) groups is 2. The Morgan fingerprint density at radius 3 is 2.46 bits per heavy atom. The first-order chi connectivity index (χ1) is 13.2. The van der Waals surface area contributed by atoms with E-state index in [0.717, 1.165) is 25.0 Å². The molecule has 28 heavy (non-hydrogen) atoms. The summed E-state index contributed by atoms with van der Waals surface area (Å²) in [7, 11) is 0. The normalized spacial score (nSPS) is 15.3. The van der Waals surface area contributed by atoms with Gasteiger partial charge in [0.15, 0.2) is 0 Å². The van der Waals surface area contributed by atoms with E-state index in [-0.39, 0.29) is 5.91 Å². The number of amides is 2. The maximum atomic E-state index is 12.3. The Hall–Kier alpha value is -2.60. The van der Waals surface area contributed by atoms with Crippen molar-refractivity contribution in [2.45, 2.75) is 51.2 Å². The number of rotatable bonds is 4. The number of ether oxygens (including phenoxy) is 1. The lowest BCUT2D eigenvalue weighted by molar-refractivity contribution is 0.0371. The second-order valence-electron chi connectivity index (χ2n) is 7.96. The molecule has 0 saturated heterocycles. The molecule has 1 saturated carbocycles. The van der Waals surface area contributed by atoms with Crippen LogP contribution in [0.4, 0.5) is 10.5 Å². The lowest BCUT2D eigenvalue weighted by Crippen LogP contribution is -2.52. The minimum Gasteiger partial charge on any atom is -0.444 e. The molecule has 148 valence electrons. The van der Waals surface area contributed by atoms with Crippen LogP contribution in [0.25, 0.3) is 0 Å². The average Bonchev–Trinajstić information content (AvgIpc) is 2.57. The molecule has 0 aliphatic heterocycles. The molecule has 1 fully saturated rings. The maximum Gasteiger partial charge on any atom is 0.408 e. The first-order valence-electron chi connectivity index (χ1n) is 9.22. The molecule has 1 heterocycles. The van der Waals surface area contributed by atoms with Crippen LogP contribution >= 0.6 is 11.6 Å². The highest BCUT2D eigenvalue weighted by molar-refractivity contribution is 6.31.